The Morgan fingerprint density at radius 3 is 2.42 bits per heavy atom. The fourth-order valence-electron chi connectivity index (χ4n) is 1.78. The molecule has 0 unspecified atom stereocenters. The maximum Gasteiger partial charge on any atom is 0.103 e. The number of hydrogen-bond acceptors (Lipinski definition) is 3. The molecule has 0 bridgehead atoms. The molecule has 0 aliphatic carbocycles. The van der Waals surface area contributed by atoms with Crippen molar-refractivity contribution < 1.29 is 0 Å². The van der Waals surface area contributed by atoms with Crippen molar-refractivity contribution in [2.75, 3.05) is 5.32 Å². The highest BCUT2D eigenvalue weighted by Crippen LogP contribution is 2.24. The van der Waals surface area contributed by atoms with E-state index < -0.39 is 0 Å². The van der Waals surface area contributed by atoms with Gasteiger partial charge < -0.3 is 11.1 Å². The molecule has 0 radical (unpaired) electrons. The van der Waals surface area contributed by atoms with Gasteiger partial charge in [0.25, 0.3) is 0 Å². The molecular formula is C15H14BrN3. The van der Waals surface area contributed by atoms with Gasteiger partial charge in [0, 0.05) is 17.6 Å². The first kappa shape index (κ1) is 13.6. The first-order valence-electron chi connectivity index (χ1n) is 5.95. The third kappa shape index (κ3) is 3.34. The normalized spacial score (nSPS) is 9.95. The summed E-state index contributed by atoms with van der Waals surface area (Å²) >= 11 is 3.38. The summed E-state index contributed by atoms with van der Waals surface area (Å²) in [6, 6.07) is 16.0. The molecule has 2 aromatic rings. The van der Waals surface area contributed by atoms with E-state index in [1.165, 1.54) is 0 Å². The molecule has 0 fully saturated rings. The number of nitrogens with zero attached hydrogens (tertiary/aromatic N) is 1. The Labute approximate surface area is 121 Å². The molecule has 0 aliphatic heterocycles. The molecule has 3 nitrogen and oxygen atoms in total. The number of benzene rings is 2. The van der Waals surface area contributed by atoms with Crippen molar-refractivity contribution in [3.63, 3.8) is 0 Å². The van der Waals surface area contributed by atoms with Crippen molar-refractivity contribution in [1.29, 1.82) is 5.26 Å². The molecule has 2 rings (SSSR count). The Morgan fingerprint density at radius 2 is 1.79 bits per heavy atom. The zero-order chi connectivity index (χ0) is 13.7. The minimum absolute atomic E-state index is 0.553. The number of halogens is 1. The van der Waals surface area contributed by atoms with Gasteiger partial charge in [0.05, 0.1) is 11.3 Å². The Balaban J connectivity index is 2.10. The molecular weight excluding hydrogens is 302 g/mol. The third-order valence-corrected chi connectivity index (χ3v) is 3.53. The first-order valence-corrected chi connectivity index (χ1v) is 6.74. The third-order valence-electron chi connectivity index (χ3n) is 2.87. The lowest BCUT2D eigenvalue weighted by Gasteiger charge is -2.09. The van der Waals surface area contributed by atoms with Gasteiger partial charge in [0.1, 0.15) is 6.07 Å². The van der Waals surface area contributed by atoms with Crippen LogP contribution >= 0.6 is 15.9 Å². The van der Waals surface area contributed by atoms with E-state index in [0.29, 0.717) is 18.7 Å². The van der Waals surface area contributed by atoms with Crippen molar-refractivity contribution >= 4 is 21.6 Å². The van der Waals surface area contributed by atoms with Crippen LogP contribution in [0.15, 0.2) is 46.9 Å². The molecule has 0 aromatic heterocycles. The van der Waals surface area contributed by atoms with Crippen LogP contribution in [0.1, 0.15) is 16.7 Å². The van der Waals surface area contributed by atoms with Crippen LogP contribution in [0.5, 0.6) is 0 Å². The van der Waals surface area contributed by atoms with E-state index in [-0.39, 0.29) is 0 Å². The van der Waals surface area contributed by atoms with E-state index in [0.717, 1.165) is 21.3 Å². The van der Waals surface area contributed by atoms with Crippen LogP contribution in [0, 0.1) is 11.3 Å². The predicted octanol–water partition coefficient (Wildman–Crippen LogP) is 3.39. The highest BCUT2D eigenvalue weighted by Gasteiger charge is 2.05. The van der Waals surface area contributed by atoms with Crippen molar-refractivity contribution in [1.82, 2.24) is 0 Å². The molecule has 0 atom stereocenters. The molecule has 0 aliphatic rings. The van der Waals surface area contributed by atoms with Gasteiger partial charge in [-0.1, -0.05) is 30.3 Å². The lowest BCUT2D eigenvalue weighted by atomic mass is 10.1. The molecule has 0 spiro atoms. The average molecular weight is 316 g/mol. The number of rotatable bonds is 4. The Kier molecular flexibility index (Phi) is 4.56. The second-order valence-electron chi connectivity index (χ2n) is 4.15. The van der Waals surface area contributed by atoms with Gasteiger partial charge in [0.2, 0.25) is 0 Å². The van der Waals surface area contributed by atoms with Crippen LogP contribution < -0.4 is 11.1 Å². The summed E-state index contributed by atoms with van der Waals surface area (Å²) in [4.78, 5) is 0. The molecule has 2 aromatic carbocycles. The van der Waals surface area contributed by atoms with E-state index in [2.05, 4.69) is 27.3 Å². The Hall–Kier alpha value is -1.83. The van der Waals surface area contributed by atoms with Crippen LogP contribution in [0.3, 0.4) is 0 Å². The van der Waals surface area contributed by atoms with Crippen LogP contribution in [0.25, 0.3) is 0 Å². The first-order chi connectivity index (χ1) is 9.24. The standard InChI is InChI=1S/C15H14BrN3/c16-14-2-1-3-15(13(14)9-18)19-10-12-6-4-11(8-17)5-7-12/h1-7,19H,8,10,17H2. The van der Waals surface area contributed by atoms with Crippen LogP contribution in [0.2, 0.25) is 0 Å². The molecule has 96 valence electrons. The zero-order valence-corrected chi connectivity index (χ0v) is 11.9. The number of anilines is 1. The second kappa shape index (κ2) is 6.37. The van der Waals surface area contributed by atoms with Crippen LogP contribution in [0.4, 0.5) is 5.69 Å². The SMILES string of the molecule is N#Cc1c(Br)cccc1NCc1ccc(CN)cc1. The minimum Gasteiger partial charge on any atom is -0.380 e. The van der Waals surface area contributed by atoms with E-state index in [9.17, 15) is 0 Å². The highest BCUT2D eigenvalue weighted by atomic mass is 79.9. The van der Waals surface area contributed by atoms with Crippen LogP contribution in [-0.2, 0) is 13.1 Å². The van der Waals surface area contributed by atoms with E-state index in [1.54, 1.807) is 0 Å². The summed E-state index contributed by atoms with van der Waals surface area (Å²) in [5.74, 6) is 0. The van der Waals surface area contributed by atoms with Gasteiger partial charge >= 0.3 is 0 Å². The Morgan fingerprint density at radius 1 is 1.11 bits per heavy atom. The van der Waals surface area contributed by atoms with Gasteiger partial charge in [0.15, 0.2) is 0 Å². The minimum atomic E-state index is 0.553. The van der Waals surface area contributed by atoms with Crippen molar-refractivity contribution in [3.05, 3.63) is 63.6 Å². The van der Waals surface area contributed by atoms with Crippen molar-refractivity contribution in [2.45, 2.75) is 13.1 Å². The maximum absolute atomic E-state index is 9.13. The zero-order valence-electron chi connectivity index (χ0n) is 10.4. The van der Waals surface area contributed by atoms with Gasteiger partial charge in [-0.2, -0.15) is 5.26 Å². The number of nitriles is 1. The summed E-state index contributed by atoms with van der Waals surface area (Å²) in [6.45, 7) is 1.23. The van der Waals surface area contributed by atoms with E-state index in [1.807, 2.05) is 42.5 Å². The van der Waals surface area contributed by atoms with Gasteiger partial charge in [-0.3, -0.25) is 0 Å². The summed E-state index contributed by atoms with van der Waals surface area (Å²) in [5, 5.41) is 12.4. The molecule has 0 amide bonds. The monoisotopic (exact) mass is 315 g/mol. The van der Waals surface area contributed by atoms with Gasteiger partial charge in [-0.05, 0) is 39.2 Å². The molecule has 0 saturated carbocycles. The van der Waals surface area contributed by atoms with Crippen molar-refractivity contribution in [3.8, 4) is 6.07 Å². The Bertz CT molecular complexity index is 600. The number of hydrogen-bond donors (Lipinski definition) is 2. The summed E-state index contributed by atoms with van der Waals surface area (Å²) < 4.78 is 0.804. The smallest absolute Gasteiger partial charge is 0.103 e. The highest BCUT2D eigenvalue weighted by molar-refractivity contribution is 9.10. The quantitative estimate of drug-likeness (QED) is 0.909. The summed E-state index contributed by atoms with van der Waals surface area (Å²) in [7, 11) is 0. The largest absolute Gasteiger partial charge is 0.380 e. The lowest BCUT2D eigenvalue weighted by molar-refractivity contribution is 1.06. The topological polar surface area (TPSA) is 61.8 Å². The van der Waals surface area contributed by atoms with Gasteiger partial charge in [-0.15, -0.1) is 0 Å². The molecule has 19 heavy (non-hydrogen) atoms. The fourth-order valence-corrected chi connectivity index (χ4v) is 2.23. The average Bonchev–Trinajstić information content (AvgIpc) is 2.45. The summed E-state index contributed by atoms with van der Waals surface area (Å²) in [5.41, 5.74) is 9.29. The maximum atomic E-state index is 9.13. The molecule has 0 heterocycles. The molecule has 3 N–H and O–H groups in total. The van der Waals surface area contributed by atoms with Crippen molar-refractivity contribution in [2.24, 2.45) is 5.73 Å². The summed E-state index contributed by atoms with van der Waals surface area (Å²) in [6.07, 6.45) is 0. The van der Waals surface area contributed by atoms with E-state index in [4.69, 9.17) is 11.0 Å². The molecule has 0 saturated heterocycles. The molecule has 4 heteroatoms. The fraction of sp³-hybridized carbons (Fsp3) is 0.133. The van der Waals surface area contributed by atoms with E-state index >= 15 is 0 Å². The number of nitrogens with two attached hydrogens (primary N) is 1. The predicted molar refractivity (Wildman–Crippen MR) is 80.5 cm³/mol. The number of nitrogens with one attached hydrogen (secondary N) is 1. The van der Waals surface area contributed by atoms with Crippen LogP contribution in [-0.4, -0.2) is 0 Å². The lowest BCUT2D eigenvalue weighted by Crippen LogP contribution is -2.02. The second-order valence-corrected chi connectivity index (χ2v) is 5.00. The van der Waals surface area contributed by atoms with Gasteiger partial charge in [-0.25, -0.2) is 0 Å².